The fourth-order valence-electron chi connectivity index (χ4n) is 2.81. The summed E-state index contributed by atoms with van der Waals surface area (Å²) in [7, 11) is 1.47. The Morgan fingerprint density at radius 1 is 1.38 bits per heavy atom. The number of anilines is 1. The minimum Gasteiger partial charge on any atom is -0.443 e. The molecule has 3 rings (SSSR count). The Labute approximate surface area is 138 Å². The highest BCUT2D eigenvalue weighted by molar-refractivity contribution is 5.84. The first kappa shape index (κ1) is 16.5. The van der Waals surface area contributed by atoms with E-state index in [9.17, 15) is 14.8 Å². The van der Waals surface area contributed by atoms with Crippen LogP contribution in [0.1, 0.15) is 45.5 Å². The smallest absolute Gasteiger partial charge is 0.418 e. The Morgan fingerprint density at radius 3 is 2.75 bits per heavy atom. The zero-order chi connectivity index (χ0) is 17.6. The molecular weight excluding hydrogens is 318 g/mol. The lowest BCUT2D eigenvalue weighted by Crippen LogP contribution is -2.34. The van der Waals surface area contributed by atoms with Crippen molar-refractivity contribution < 1.29 is 24.0 Å². The number of piperidine rings is 1. The number of hydroxylamine groups is 2. The molecule has 10 nitrogen and oxygen atoms in total. The Hall–Kier alpha value is -2.36. The standard InChI is InChI=1S/C14H21N5O5/c1-14(2,3)24-13(21)17(4)11-16-15-10(23-11)9-6-5-8-7-18(9)12(20)19(8)22/h8-9,22H,5-7H2,1-4H3/t8-,9+/m1/s1. The highest BCUT2D eigenvalue weighted by atomic mass is 16.6. The number of ether oxygens (including phenoxy) is 1. The van der Waals surface area contributed by atoms with Gasteiger partial charge in [0.1, 0.15) is 11.6 Å². The van der Waals surface area contributed by atoms with Crippen LogP contribution in [0.5, 0.6) is 0 Å². The molecule has 24 heavy (non-hydrogen) atoms. The van der Waals surface area contributed by atoms with E-state index in [0.717, 1.165) is 9.96 Å². The third-order valence-electron chi connectivity index (χ3n) is 4.01. The molecule has 3 heterocycles. The third-order valence-corrected chi connectivity index (χ3v) is 4.01. The average Bonchev–Trinajstić information content (AvgIpc) is 3.06. The maximum atomic E-state index is 12.0. The normalized spacial score (nSPS) is 23.6. The highest BCUT2D eigenvalue weighted by Crippen LogP contribution is 2.37. The Bertz CT molecular complexity index is 654. The highest BCUT2D eigenvalue weighted by Gasteiger charge is 2.46. The maximum absolute atomic E-state index is 12.0. The van der Waals surface area contributed by atoms with E-state index in [0.29, 0.717) is 19.4 Å². The van der Waals surface area contributed by atoms with Gasteiger partial charge in [0.2, 0.25) is 5.89 Å². The molecule has 0 aromatic carbocycles. The van der Waals surface area contributed by atoms with Crippen LogP contribution in [0.15, 0.2) is 4.42 Å². The first-order valence-electron chi connectivity index (χ1n) is 7.76. The number of amides is 3. The molecule has 1 N–H and O–H groups in total. The van der Waals surface area contributed by atoms with E-state index >= 15 is 0 Å². The van der Waals surface area contributed by atoms with Crippen molar-refractivity contribution in [2.75, 3.05) is 18.5 Å². The van der Waals surface area contributed by atoms with Crippen molar-refractivity contribution in [2.45, 2.75) is 51.3 Å². The molecule has 0 radical (unpaired) electrons. The molecule has 3 amide bonds. The van der Waals surface area contributed by atoms with Gasteiger partial charge in [0, 0.05) is 13.6 Å². The van der Waals surface area contributed by atoms with E-state index in [2.05, 4.69) is 10.2 Å². The quantitative estimate of drug-likeness (QED) is 0.817. The Balaban J connectivity index is 1.74. The SMILES string of the molecule is CN(C(=O)OC(C)(C)C)c1nnc([C@@H]2CC[C@@H]3CN2C(=O)N3O)o1. The third kappa shape index (κ3) is 2.88. The van der Waals surface area contributed by atoms with Crippen LogP contribution in [-0.2, 0) is 4.74 Å². The number of aromatic nitrogens is 2. The zero-order valence-electron chi connectivity index (χ0n) is 14.1. The summed E-state index contributed by atoms with van der Waals surface area (Å²) in [6.45, 7) is 5.70. The van der Waals surface area contributed by atoms with Crippen LogP contribution in [-0.4, -0.2) is 62.7 Å². The second kappa shape index (κ2) is 5.62. The van der Waals surface area contributed by atoms with Gasteiger partial charge in [0.05, 0.1) is 6.04 Å². The summed E-state index contributed by atoms with van der Waals surface area (Å²) >= 11 is 0. The lowest BCUT2D eigenvalue weighted by atomic mass is 10.0. The van der Waals surface area contributed by atoms with Crippen molar-refractivity contribution in [1.82, 2.24) is 20.2 Å². The monoisotopic (exact) mass is 339 g/mol. The molecule has 2 saturated heterocycles. The van der Waals surface area contributed by atoms with Gasteiger partial charge in [-0.15, -0.1) is 5.10 Å². The van der Waals surface area contributed by atoms with Crippen LogP contribution in [0.25, 0.3) is 0 Å². The predicted molar refractivity (Wildman–Crippen MR) is 80.4 cm³/mol. The number of carbonyl (C=O) groups excluding carboxylic acids is 2. The molecule has 2 fully saturated rings. The van der Waals surface area contributed by atoms with Gasteiger partial charge < -0.3 is 14.1 Å². The molecule has 0 spiro atoms. The van der Waals surface area contributed by atoms with E-state index in [-0.39, 0.29) is 17.9 Å². The van der Waals surface area contributed by atoms with Crippen LogP contribution < -0.4 is 4.90 Å². The summed E-state index contributed by atoms with van der Waals surface area (Å²) in [5, 5.41) is 18.3. The van der Waals surface area contributed by atoms with Gasteiger partial charge in [-0.25, -0.2) is 19.6 Å². The van der Waals surface area contributed by atoms with Gasteiger partial charge in [-0.1, -0.05) is 5.10 Å². The van der Waals surface area contributed by atoms with Crippen LogP contribution in [0.4, 0.5) is 15.6 Å². The van der Waals surface area contributed by atoms with Crippen molar-refractivity contribution in [1.29, 1.82) is 0 Å². The number of nitrogens with zero attached hydrogens (tertiary/aromatic N) is 5. The largest absolute Gasteiger partial charge is 0.443 e. The Morgan fingerprint density at radius 2 is 2.08 bits per heavy atom. The maximum Gasteiger partial charge on any atom is 0.418 e. The zero-order valence-corrected chi connectivity index (χ0v) is 14.1. The molecule has 132 valence electrons. The summed E-state index contributed by atoms with van der Waals surface area (Å²) in [6, 6.07) is -1.07. The second-order valence-electron chi connectivity index (χ2n) is 6.99. The molecule has 2 atom stereocenters. The number of fused-ring (bicyclic) bond motifs is 2. The number of carbonyl (C=O) groups is 2. The van der Waals surface area contributed by atoms with Crippen LogP contribution in [0, 0.1) is 0 Å². The minimum absolute atomic E-state index is 0.00567. The molecule has 1 aromatic heterocycles. The van der Waals surface area contributed by atoms with Crippen LogP contribution >= 0.6 is 0 Å². The Kier molecular flexibility index (Phi) is 3.86. The van der Waals surface area contributed by atoms with Crippen LogP contribution in [0.2, 0.25) is 0 Å². The summed E-state index contributed by atoms with van der Waals surface area (Å²) in [5.74, 6) is 0.238. The van der Waals surface area contributed by atoms with Crippen molar-refractivity contribution >= 4 is 18.1 Å². The fraction of sp³-hybridized carbons (Fsp3) is 0.714. The molecular formula is C14H21N5O5. The van der Waals surface area contributed by atoms with Gasteiger partial charge in [0.15, 0.2) is 0 Å². The average molecular weight is 339 g/mol. The van der Waals surface area contributed by atoms with Gasteiger partial charge in [-0.3, -0.25) is 5.21 Å². The first-order valence-corrected chi connectivity index (χ1v) is 7.76. The number of urea groups is 1. The van der Waals surface area contributed by atoms with Crippen molar-refractivity contribution in [2.24, 2.45) is 0 Å². The molecule has 2 aliphatic heterocycles. The van der Waals surface area contributed by atoms with Crippen LogP contribution in [0.3, 0.4) is 0 Å². The van der Waals surface area contributed by atoms with E-state index in [1.165, 1.54) is 11.9 Å². The first-order chi connectivity index (χ1) is 11.2. The van der Waals surface area contributed by atoms with E-state index in [1.807, 2.05) is 0 Å². The topological polar surface area (TPSA) is 112 Å². The molecule has 2 aliphatic rings. The summed E-state index contributed by atoms with van der Waals surface area (Å²) in [6.07, 6.45) is 0.633. The molecule has 0 unspecified atom stereocenters. The second-order valence-corrected chi connectivity index (χ2v) is 6.99. The number of rotatable bonds is 2. The predicted octanol–water partition coefficient (Wildman–Crippen LogP) is 1.77. The molecule has 0 aliphatic carbocycles. The molecule has 10 heteroatoms. The van der Waals surface area contributed by atoms with Gasteiger partial charge in [-0.05, 0) is 33.6 Å². The number of hydrogen-bond donors (Lipinski definition) is 1. The van der Waals surface area contributed by atoms with Gasteiger partial charge in [-0.2, -0.15) is 0 Å². The van der Waals surface area contributed by atoms with E-state index in [4.69, 9.17) is 9.15 Å². The van der Waals surface area contributed by atoms with E-state index in [1.54, 1.807) is 20.8 Å². The summed E-state index contributed by atoms with van der Waals surface area (Å²) < 4.78 is 10.8. The molecule has 0 saturated carbocycles. The lowest BCUT2D eigenvalue weighted by molar-refractivity contribution is -0.0584. The lowest BCUT2D eigenvalue weighted by Gasteiger charge is -2.27. The summed E-state index contributed by atoms with van der Waals surface area (Å²) in [4.78, 5) is 26.7. The number of hydrogen-bond acceptors (Lipinski definition) is 7. The van der Waals surface area contributed by atoms with Crippen molar-refractivity contribution in [3.8, 4) is 0 Å². The fourth-order valence-corrected chi connectivity index (χ4v) is 2.81. The van der Waals surface area contributed by atoms with Crippen molar-refractivity contribution in [3.63, 3.8) is 0 Å². The molecule has 1 aromatic rings. The molecule has 2 bridgehead atoms. The minimum atomic E-state index is -0.640. The van der Waals surface area contributed by atoms with E-state index < -0.39 is 23.8 Å². The summed E-state index contributed by atoms with van der Waals surface area (Å²) in [5.41, 5.74) is -0.640. The van der Waals surface area contributed by atoms with Gasteiger partial charge in [0.25, 0.3) is 0 Å². The van der Waals surface area contributed by atoms with Crippen molar-refractivity contribution in [3.05, 3.63) is 5.89 Å². The van der Waals surface area contributed by atoms with Gasteiger partial charge >= 0.3 is 18.1 Å².